The van der Waals surface area contributed by atoms with Crippen LogP contribution in [0, 0.1) is 0 Å². The highest BCUT2D eigenvalue weighted by molar-refractivity contribution is 7.47. The van der Waals surface area contributed by atoms with E-state index in [4.69, 9.17) is 32.3 Å². The molecule has 0 heterocycles. The fourth-order valence-electron chi connectivity index (χ4n) is 10.4. The van der Waals surface area contributed by atoms with Gasteiger partial charge < -0.3 is 34.2 Å². The van der Waals surface area contributed by atoms with Crippen molar-refractivity contribution in [2.24, 2.45) is 0 Å². The van der Waals surface area contributed by atoms with Crippen LogP contribution in [0.5, 0.6) is 0 Å². The van der Waals surface area contributed by atoms with E-state index in [-0.39, 0.29) is 19.3 Å². The maximum absolute atomic E-state index is 12.9. The first-order valence-corrected chi connectivity index (χ1v) is 41.5. The molecule has 0 aromatic rings. The van der Waals surface area contributed by atoms with E-state index in [1.807, 2.05) is 0 Å². The Bertz CT molecular complexity index is 2150. The molecular weight excluding hydrogens is 1270 g/mol. The number of esters is 3. The Morgan fingerprint density at radius 1 is 0.299 bits per heavy atom. The Kier molecular flexibility index (Phi) is 69.6. The van der Waals surface area contributed by atoms with Crippen molar-refractivity contribution in [3.05, 3.63) is 97.2 Å². The summed E-state index contributed by atoms with van der Waals surface area (Å²) in [5.41, 5.74) is 0. The largest absolute Gasteiger partial charge is 0.472 e. The van der Waals surface area contributed by atoms with Crippen LogP contribution in [-0.2, 0) is 55.8 Å². The normalized spacial score (nSPS) is 14.6. The van der Waals surface area contributed by atoms with E-state index in [2.05, 4.69) is 118 Å². The van der Waals surface area contributed by atoms with Gasteiger partial charge in [-0.05, 0) is 103 Å². The third-order valence-corrected chi connectivity index (χ3v) is 18.2. The highest BCUT2D eigenvalue weighted by Crippen LogP contribution is 2.45. The summed E-state index contributed by atoms with van der Waals surface area (Å²) in [5, 5.41) is 20.6. The van der Waals surface area contributed by atoms with E-state index in [0.717, 1.165) is 116 Å². The van der Waals surface area contributed by atoms with Gasteiger partial charge in [0.05, 0.1) is 26.4 Å². The topological polar surface area (TPSA) is 231 Å². The first kappa shape index (κ1) is 93.5. The van der Waals surface area contributed by atoms with Gasteiger partial charge in [-0.25, -0.2) is 9.13 Å². The second kappa shape index (κ2) is 72.3. The van der Waals surface area contributed by atoms with Crippen molar-refractivity contribution in [2.75, 3.05) is 39.6 Å². The molecule has 562 valence electrons. The molecule has 18 heteroatoms. The minimum absolute atomic E-state index is 0.102. The first-order valence-electron chi connectivity index (χ1n) is 38.5. The second-order valence-corrected chi connectivity index (χ2v) is 28.7. The van der Waals surface area contributed by atoms with Crippen LogP contribution in [0.4, 0.5) is 0 Å². The van der Waals surface area contributed by atoms with E-state index in [1.165, 1.54) is 154 Å². The zero-order chi connectivity index (χ0) is 70.9. The van der Waals surface area contributed by atoms with E-state index < -0.39 is 91.5 Å². The van der Waals surface area contributed by atoms with Crippen LogP contribution < -0.4 is 0 Å². The van der Waals surface area contributed by atoms with Gasteiger partial charge in [0.25, 0.3) is 0 Å². The molecule has 0 rings (SSSR count). The molecule has 16 nitrogen and oxygen atoms in total. The van der Waals surface area contributed by atoms with E-state index >= 15 is 0 Å². The lowest BCUT2D eigenvalue weighted by atomic mass is 10.0. The quantitative estimate of drug-likeness (QED) is 0.0146. The van der Waals surface area contributed by atoms with Crippen LogP contribution in [0.15, 0.2) is 97.2 Å². The summed E-state index contributed by atoms with van der Waals surface area (Å²) < 4.78 is 61.0. The van der Waals surface area contributed by atoms with Crippen molar-refractivity contribution in [3.8, 4) is 0 Å². The average molecular weight is 1410 g/mol. The molecule has 0 saturated carbocycles. The highest BCUT2D eigenvalue weighted by atomic mass is 31.2. The van der Waals surface area contributed by atoms with Gasteiger partial charge in [-0.1, -0.05) is 304 Å². The third kappa shape index (κ3) is 73.5. The predicted molar refractivity (Wildman–Crippen MR) is 399 cm³/mol. The molecule has 0 radical (unpaired) electrons. The monoisotopic (exact) mass is 1410 g/mol. The fraction of sp³-hybridized carbons (Fsp3) is 0.759. The molecule has 0 aliphatic heterocycles. The third-order valence-electron chi connectivity index (χ3n) is 16.3. The molecule has 5 unspecified atom stereocenters. The van der Waals surface area contributed by atoms with Crippen molar-refractivity contribution in [2.45, 2.75) is 347 Å². The molecule has 0 aliphatic rings. The van der Waals surface area contributed by atoms with Crippen LogP contribution >= 0.6 is 15.6 Å². The van der Waals surface area contributed by atoms with Crippen molar-refractivity contribution in [3.63, 3.8) is 0 Å². The van der Waals surface area contributed by atoms with Gasteiger partial charge in [0.15, 0.2) is 6.10 Å². The molecule has 97 heavy (non-hydrogen) atoms. The number of aliphatic hydroxyl groups excluding tert-OH is 2. The maximum Gasteiger partial charge on any atom is 0.472 e. The molecule has 0 amide bonds. The lowest BCUT2D eigenvalue weighted by Gasteiger charge is -2.21. The van der Waals surface area contributed by atoms with Gasteiger partial charge in [0, 0.05) is 19.3 Å². The fourth-order valence-corrected chi connectivity index (χ4v) is 12.0. The summed E-state index contributed by atoms with van der Waals surface area (Å²) in [7, 11) is -9.78. The minimum Gasteiger partial charge on any atom is -0.463 e. The molecule has 0 saturated heterocycles. The Hall–Kier alpha value is -3.53. The Balaban J connectivity index is 4.42. The van der Waals surface area contributed by atoms with Crippen molar-refractivity contribution in [1.82, 2.24) is 0 Å². The van der Waals surface area contributed by atoms with Gasteiger partial charge in [-0.15, -0.1) is 0 Å². The van der Waals surface area contributed by atoms with E-state index in [9.17, 15) is 43.5 Å². The molecule has 0 spiro atoms. The van der Waals surface area contributed by atoms with Crippen molar-refractivity contribution < 1.29 is 75.8 Å². The molecule has 0 aromatic carbocycles. The van der Waals surface area contributed by atoms with Crippen molar-refractivity contribution in [1.29, 1.82) is 0 Å². The van der Waals surface area contributed by atoms with Gasteiger partial charge in [0.1, 0.15) is 25.4 Å². The van der Waals surface area contributed by atoms with E-state index in [0.29, 0.717) is 19.3 Å². The summed E-state index contributed by atoms with van der Waals surface area (Å²) >= 11 is 0. The second-order valence-electron chi connectivity index (χ2n) is 25.8. The van der Waals surface area contributed by atoms with Gasteiger partial charge >= 0.3 is 33.6 Å². The van der Waals surface area contributed by atoms with Gasteiger partial charge in [-0.3, -0.25) is 32.5 Å². The SMILES string of the molecule is CC/C=C\C/C=C\C/C=C\C/C=C\CCCCCCC(=O)OCC(COP(=O)(O)OCC(O)COP(=O)(O)OCC(O)COC(=O)CCCCCCCCCCCCCCCCC/C=C\C/C=C\C/C=C\C/C=C\CCCCC)OC(=O)CCCCCCCCCCCCCCC. The van der Waals surface area contributed by atoms with Gasteiger partial charge in [0.2, 0.25) is 0 Å². The van der Waals surface area contributed by atoms with Gasteiger partial charge in [-0.2, -0.15) is 0 Å². The summed E-state index contributed by atoms with van der Waals surface area (Å²) in [6, 6.07) is 0. The number of hydrogen-bond acceptors (Lipinski definition) is 14. The zero-order valence-electron chi connectivity index (χ0n) is 61.2. The molecule has 5 atom stereocenters. The lowest BCUT2D eigenvalue weighted by Crippen LogP contribution is -2.30. The molecular formula is C79H140O16P2. The standard InChI is InChI=1S/C79H140O16P2/c1-4-7-10-13-16-19-22-25-27-29-30-31-32-33-34-35-36-37-38-39-40-41-42-44-46-48-50-53-56-59-62-65-77(82)89-68-74(80)69-91-96(85,86)92-70-75(81)71-93-97(87,88)94-73-76(95-79(84)67-64-61-58-55-52-47-24-21-18-15-12-9-6-3)72-90-78(83)66-63-60-57-54-51-49-45-43-28-26-23-20-17-14-11-8-5-2/h8,11,16-17,19-20,25-28,30-31,33-34,45,49,74-76,80-81H,4-7,9-10,12-15,18,21-24,29,32,35-44,46-48,50-73H2,1-3H3,(H,85,86)(H,87,88)/b11-8-,19-16-,20-17-,27-25-,28-26-,31-30-,34-33-,49-45-. The number of carbonyl (C=O) groups excluding carboxylic acids is 3. The summed E-state index contributed by atoms with van der Waals surface area (Å²) in [6.07, 6.45) is 81.9. The molecule has 0 bridgehead atoms. The number of hydrogen-bond donors (Lipinski definition) is 4. The Morgan fingerprint density at radius 3 is 0.887 bits per heavy atom. The van der Waals surface area contributed by atoms with Crippen LogP contribution in [-0.4, -0.2) is 95.9 Å². The zero-order valence-corrected chi connectivity index (χ0v) is 63.0. The molecule has 4 N–H and O–H groups in total. The number of unbranched alkanes of at least 4 members (excludes halogenated alkanes) is 34. The highest BCUT2D eigenvalue weighted by Gasteiger charge is 2.29. The number of phosphoric ester groups is 2. The molecule has 0 aliphatic carbocycles. The van der Waals surface area contributed by atoms with Crippen LogP contribution in [0.25, 0.3) is 0 Å². The van der Waals surface area contributed by atoms with E-state index in [1.54, 1.807) is 0 Å². The maximum atomic E-state index is 12.9. The number of ether oxygens (including phenoxy) is 3. The number of carbonyl (C=O) groups is 3. The van der Waals surface area contributed by atoms with Crippen LogP contribution in [0.3, 0.4) is 0 Å². The van der Waals surface area contributed by atoms with Crippen LogP contribution in [0.2, 0.25) is 0 Å². The number of allylic oxidation sites excluding steroid dienone is 16. The number of phosphoric acid groups is 2. The average Bonchev–Trinajstić information content (AvgIpc) is 1.86. The molecule has 0 fully saturated rings. The number of rotatable bonds is 73. The smallest absolute Gasteiger partial charge is 0.463 e. The van der Waals surface area contributed by atoms with Crippen LogP contribution in [0.1, 0.15) is 329 Å². The Labute approximate surface area is 590 Å². The predicted octanol–water partition coefficient (Wildman–Crippen LogP) is 22.2. The first-order chi connectivity index (χ1) is 47.2. The number of aliphatic hydroxyl groups is 2. The Morgan fingerprint density at radius 2 is 0.546 bits per heavy atom. The van der Waals surface area contributed by atoms with Crippen molar-refractivity contribution >= 4 is 33.6 Å². The summed E-state index contributed by atoms with van der Waals surface area (Å²) in [6.45, 7) is 2.53. The lowest BCUT2D eigenvalue weighted by molar-refractivity contribution is -0.161. The molecule has 0 aromatic heterocycles. The minimum atomic E-state index is -4.93. The summed E-state index contributed by atoms with van der Waals surface area (Å²) in [4.78, 5) is 58.5. The summed E-state index contributed by atoms with van der Waals surface area (Å²) in [5.74, 6) is -1.59.